The van der Waals surface area contributed by atoms with Gasteiger partial charge >= 0.3 is 0 Å². The molecule has 0 fully saturated rings. The molecular weight excluding hydrogens is 174 g/mol. The van der Waals surface area contributed by atoms with Gasteiger partial charge in [0.15, 0.2) is 0 Å². The highest BCUT2D eigenvalue weighted by Gasteiger charge is 2.12. The molecule has 0 aliphatic rings. The van der Waals surface area contributed by atoms with E-state index in [9.17, 15) is 4.79 Å². The number of hydrazine groups is 1. The first kappa shape index (κ1) is 11.7. The molecule has 0 rings (SSSR count). The first-order valence-corrected chi connectivity index (χ1v) is 5.04. The van der Waals surface area contributed by atoms with E-state index in [2.05, 4.69) is 5.43 Å². The van der Waals surface area contributed by atoms with Crippen LogP contribution in [0.5, 0.6) is 0 Å². The van der Waals surface area contributed by atoms with Gasteiger partial charge in [0.25, 0.3) is 0 Å². The summed E-state index contributed by atoms with van der Waals surface area (Å²) in [6.07, 6.45) is 0.934. The number of carbonyl (C=O) groups excluding carboxylic acids is 1. The minimum Gasteiger partial charge on any atom is -0.327 e. The Balaban J connectivity index is 3.56. The van der Waals surface area contributed by atoms with Gasteiger partial charge in [-0.25, -0.2) is 5.84 Å². The molecule has 0 aromatic heterocycles. The van der Waals surface area contributed by atoms with Gasteiger partial charge in [0.05, 0.1) is 5.25 Å². The van der Waals surface area contributed by atoms with Crippen LogP contribution < -0.4 is 17.0 Å². The third-order valence-corrected chi connectivity index (χ3v) is 2.93. The van der Waals surface area contributed by atoms with Crippen molar-refractivity contribution in [2.75, 3.05) is 5.75 Å². The summed E-state index contributed by atoms with van der Waals surface area (Å²) in [5.74, 6) is 5.61. The molecule has 0 saturated heterocycles. The molecule has 0 aliphatic heterocycles. The van der Waals surface area contributed by atoms with Crippen molar-refractivity contribution in [1.29, 1.82) is 0 Å². The largest absolute Gasteiger partial charge is 0.327 e. The Labute approximate surface area is 77.4 Å². The summed E-state index contributed by atoms with van der Waals surface area (Å²) < 4.78 is 0. The van der Waals surface area contributed by atoms with Crippen LogP contribution in [0.15, 0.2) is 0 Å². The normalized spacial score (nSPS) is 15.3. The van der Waals surface area contributed by atoms with Crippen LogP contribution in [0.4, 0.5) is 0 Å². The molecule has 1 amide bonds. The second kappa shape index (κ2) is 6.28. The van der Waals surface area contributed by atoms with Gasteiger partial charge < -0.3 is 5.73 Å². The lowest BCUT2D eigenvalue weighted by molar-refractivity contribution is -0.120. The zero-order valence-corrected chi connectivity index (χ0v) is 8.36. The van der Waals surface area contributed by atoms with E-state index in [1.165, 1.54) is 11.8 Å². The van der Waals surface area contributed by atoms with Crippen molar-refractivity contribution >= 4 is 17.7 Å². The molecule has 0 heterocycles. The zero-order chi connectivity index (χ0) is 9.56. The van der Waals surface area contributed by atoms with Gasteiger partial charge in [-0.05, 0) is 13.3 Å². The summed E-state index contributed by atoms with van der Waals surface area (Å²) in [5.41, 5.74) is 7.78. The van der Waals surface area contributed by atoms with Crippen molar-refractivity contribution in [3.05, 3.63) is 0 Å². The van der Waals surface area contributed by atoms with Crippen LogP contribution in [0.3, 0.4) is 0 Å². The van der Waals surface area contributed by atoms with E-state index in [4.69, 9.17) is 11.6 Å². The van der Waals surface area contributed by atoms with Crippen molar-refractivity contribution < 1.29 is 4.79 Å². The molecule has 5 N–H and O–H groups in total. The Hall–Kier alpha value is -0.260. The van der Waals surface area contributed by atoms with Crippen molar-refractivity contribution in [3.8, 4) is 0 Å². The summed E-state index contributed by atoms with van der Waals surface area (Å²) in [6, 6.07) is 0.169. The summed E-state index contributed by atoms with van der Waals surface area (Å²) in [6.45, 7) is 3.84. The van der Waals surface area contributed by atoms with E-state index >= 15 is 0 Å². The number of thioether (sulfide) groups is 1. The number of rotatable bonds is 5. The van der Waals surface area contributed by atoms with Crippen molar-refractivity contribution in [1.82, 2.24) is 5.43 Å². The van der Waals surface area contributed by atoms with E-state index in [-0.39, 0.29) is 17.2 Å². The number of nitrogens with one attached hydrogen (secondary N) is 1. The topological polar surface area (TPSA) is 81.1 Å². The van der Waals surface area contributed by atoms with E-state index in [1.807, 2.05) is 13.8 Å². The second-order valence-electron chi connectivity index (χ2n) is 2.65. The van der Waals surface area contributed by atoms with Crippen LogP contribution in [0.2, 0.25) is 0 Å². The third kappa shape index (κ3) is 4.58. The second-order valence-corrected chi connectivity index (χ2v) is 4.03. The number of hydrogen-bond acceptors (Lipinski definition) is 4. The minimum atomic E-state index is -0.150. The van der Waals surface area contributed by atoms with Gasteiger partial charge in [0, 0.05) is 11.8 Å². The van der Waals surface area contributed by atoms with Gasteiger partial charge in [0.1, 0.15) is 0 Å². The molecule has 0 bridgehead atoms. The van der Waals surface area contributed by atoms with Gasteiger partial charge in [-0.1, -0.05) is 6.92 Å². The number of nitrogens with two attached hydrogens (primary N) is 2. The molecular formula is C7H17N3OS. The molecule has 0 aromatic rings. The Kier molecular flexibility index (Phi) is 6.14. The van der Waals surface area contributed by atoms with E-state index in [1.54, 1.807) is 0 Å². The lowest BCUT2D eigenvalue weighted by Gasteiger charge is -2.12. The fourth-order valence-electron chi connectivity index (χ4n) is 0.579. The minimum absolute atomic E-state index is 0.118. The zero-order valence-electron chi connectivity index (χ0n) is 7.54. The van der Waals surface area contributed by atoms with Crippen molar-refractivity contribution in [2.45, 2.75) is 31.6 Å². The molecule has 12 heavy (non-hydrogen) atoms. The van der Waals surface area contributed by atoms with Gasteiger partial charge in [-0.3, -0.25) is 10.2 Å². The fraction of sp³-hybridized carbons (Fsp3) is 0.857. The summed E-state index contributed by atoms with van der Waals surface area (Å²) in [5, 5.41) is -0.118. The fourth-order valence-corrected chi connectivity index (χ4v) is 1.57. The maximum absolute atomic E-state index is 10.9. The van der Waals surface area contributed by atoms with Crippen LogP contribution >= 0.6 is 11.8 Å². The lowest BCUT2D eigenvalue weighted by atomic mass is 10.3. The number of amides is 1. The molecule has 0 aliphatic carbocycles. The van der Waals surface area contributed by atoms with Crippen molar-refractivity contribution in [3.63, 3.8) is 0 Å². The maximum Gasteiger partial charge on any atom is 0.246 e. The molecule has 72 valence electrons. The molecule has 2 unspecified atom stereocenters. The standard InChI is InChI=1S/C7H17N3OS/c1-3-6(8)4-12-5(2)7(11)10-9/h5-6H,3-4,8-9H2,1-2H3,(H,10,11). The SMILES string of the molecule is CCC(N)CSC(C)C(=O)NN. The van der Waals surface area contributed by atoms with Crippen LogP contribution in [0, 0.1) is 0 Å². The first-order chi connectivity index (χ1) is 5.61. The summed E-state index contributed by atoms with van der Waals surface area (Å²) in [7, 11) is 0. The van der Waals surface area contributed by atoms with Gasteiger partial charge in [-0.2, -0.15) is 0 Å². The van der Waals surface area contributed by atoms with Crippen LogP contribution in [-0.2, 0) is 4.79 Å². The van der Waals surface area contributed by atoms with Crippen LogP contribution in [0.1, 0.15) is 20.3 Å². The smallest absolute Gasteiger partial charge is 0.246 e. The maximum atomic E-state index is 10.9. The molecule has 4 nitrogen and oxygen atoms in total. The van der Waals surface area contributed by atoms with Gasteiger partial charge in [-0.15, -0.1) is 11.8 Å². The summed E-state index contributed by atoms with van der Waals surface area (Å²) >= 11 is 1.52. The average Bonchev–Trinajstić information content (AvgIpc) is 2.11. The first-order valence-electron chi connectivity index (χ1n) is 3.99. The quantitative estimate of drug-likeness (QED) is 0.320. The monoisotopic (exact) mass is 191 g/mol. The molecule has 0 spiro atoms. The van der Waals surface area contributed by atoms with Gasteiger partial charge in [0.2, 0.25) is 5.91 Å². The van der Waals surface area contributed by atoms with E-state index < -0.39 is 0 Å². The third-order valence-electron chi connectivity index (χ3n) is 1.60. The molecule has 0 aromatic carbocycles. The molecule has 2 atom stereocenters. The predicted octanol–water partition coefficient (Wildman–Crippen LogP) is -0.165. The Morgan fingerprint density at radius 3 is 2.67 bits per heavy atom. The molecule has 0 radical (unpaired) electrons. The van der Waals surface area contributed by atoms with Crippen LogP contribution in [0.25, 0.3) is 0 Å². The highest BCUT2D eigenvalue weighted by molar-refractivity contribution is 8.00. The highest BCUT2D eigenvalue weighted by atomic mass is 32.2. The predicted molar refractivity (Wildman–Crippen MR) is 52.5 cm³/mol. The summed E-state index contributed by atoms with van der Waals surface area (Å²) in [4.78, 5) is 10.9. The van der Waals surface area contributed by atoms with Crippen molar-refractivity contribution in [2.24, 2.45) is 11.6 Å². The Morgan fingerprint density at radius 2 is 2.25 bits per heavy atom. The van der Waals surface area contributed by atoms with E-state index in [0.717, 1.165) is 12.2 Å². The molecule has 0 saturated carbocycles. The Bertz CT molecular complexity index is 143. The molecule has 5 heteroatoms. The Morgan fingerprint density at radius 1 is 1.67 bits per heavy atom. The number of hydrogen-bond donors (Lipinski definition) is 3. The number of carbonyl (C=O) groups is 1. The average molecular weight is 191 g/mol. The lowest BCUT2D eigenvalue weighted by Crippen LogP contribution is -2.37. The van der Waals surface area contributed by atoms with Crippen LogP contribution in [-0.4, -0.2) is 23.0 Å². The highest BCUT2D eigenvalue weighted by Crippen LogP contribution is 2.11. The van der Waals surface area contributed by atoms with E-state index in [0.29, 0.717) is 0 Å².